The molecule has 2 aliphatic rings. The molecule has 2 aromatic carbocycles. The van der Waals surface area contributed by atoms with E-state index >= 15 is 0 Å². The van der Waals surface area contributed by atoms with Crippen LogP contribution in [0.4, 0.5) is 5.69 Å². The third-order valence-corrected chi connectivity index (χ3v) is 6.14. The molecule has 5 heteroatoms. The number of rotatable bonds is 2. The monoisotopic (exact) mass is 374 g/mol. The molecular formula is C20H20Cl2N2O. The van der Waals surface area contributed by atoms with Crippen molar-refractivity contribution in [3.63, 3.8) is 0 Å². The smallest absolute Gasteiger partial charge is 0.237 e. The Balaban J connectivity index is 1.95. The van der Waals surface area contributed by atoms with E-state index < -0.39 is 5.41 Å². The molecule has 1 fully saturated rings. The molecule has 2 N–H and O–H groups in total. The van der Waals surface area contributed by atoms with Gasteiger partial charge in [0, 0.05) is 15.7 Å². The largest absolute Gasteiger partial charge is 0.325 e. The maximum absolute atomic E-state index is 13.3. The molecule has 1 spiro atoms. The van der Waals surface area contributed by atoms with Crippen LogP contribution in [0.3, 0.4) is 0 Å². The molecule has 4 rings (SSSR count). The molecule has 130 valence electrons. The van der Waals surface area contributed by atoms with Gasteiger partial charge in [-0.05, 0) is 54.3 Å². The highest BCUT2D eigenvalue weighted by Gasteiger charge is 2.58. The summed E-state index contributed by atoms with van der Waals surface area (Å²) >= 11 is 12.4. The summed E-state index contributed by atoms with van der Waals surface area (Å²) in [6.07, 6.45) is 1.90. The van der Waals surface area contributed by atoms with Crippen LogP contribution in [0.1, 0.15) is 36.9 Å². The zero-order valence-corrected chi connectivity index (χ0v) is 15.5. The van der Waals surface area contributed by atoms with Crippen LogP contribution in [0.5, 0.6) is 0 Å². The molecule has 2 aromatic rings. The SMILES string of the molecule is CCC1CCNC(c2cccc(Cl)c2)C12C(=O)Nc1cc(Cl)ccc12. The van der Waals surface area contributed by atoms with Crippen molar-refractivity contribution in [1.82, 2.24) is 5.32 Å². The van der Waals surface area contributed by atoms with Gasteiger partial charge in [0.2, 0.25) is 5.91 Å². The fourth-order valence-corrected chi connectivity index (χ4v) is 5.01. The van der Waals surface area contributed by atoms with Gasteiger partial charge in [0.15, 0.2) is 0 Å². The van der Waals surface area contributed by atoms with Crippen LogP contribution in [-0.2, 0) is 10.2 Å². The van der Waals surface area contributed by atoms with Crippen LogP contribution in [0, 0.1) is 5.92 Å². The van der Waals surface area contributed by atoms with Crippen LogP contribution in [0.25, 0.3) is 0 Å². The summed E-state index contributed by atoms with van der Waals surface area (Å²) < 4.78 is 0. The lowest BCUT2D eigenvalue weighted by molar-refractivity contribution is -0.125. The van der Waals surface area contributed by atoms with Crippen molar-refractivity contribution in [3.05, 3.63) is 63.6 Å². The number of hydrogen-bond acceptors (Lipinski definition) is 2. The van der Waals surface area contributed by atoms with Crippen LogP contribution in [0.2, 0.25) is 10.0 Å². The van der Waals surface area contributed by atoms with Crippen molar-refractivity contribution < 1.29 is 4.79 Å². The third-order valence-electron chi connectivity index (χ3n) is 5.67. The Kier molecular flexibility index (Phi) is 4.27. The second-order valence-electron chi connectivity index (χ2n) is 6.85. The molecule has 1 saturated heterocycles. The molecule has 0 aromatic heterocycles. The lowest BCUT2D eigenvalue weighted by Gasteiger charge is -2.46. The van der Waals surface area contributed by atoms with E-state index in [4.69, 9.17) is 23.2 Å². The second kappa shape index (κ2) is 6.31. The summed E-state index contributed by atoms with van der Waals surface area (Å²) in [6, 6.07) is 13.4. The Morgan fingerprint density at radius 2 is 1.96 bits per heavy atom. The molecule has 0 aliphatic carbocycles. The van der Waals surface area contributed by atoms with Crippen LogP contribution in [-0.4, -0.2) is 12.5 Å². The van der Waals surface area contributed by atoms with E-state index in [0.717, 1.165) is 36.2 Å². The van der Waals surface area contributed by atoms with E-state index in [0.29, 0.717) is 10.0 Å². The number of carbonyl (C=O) groups excluding carboxylic acids is 1. The lowest BCUT2D eigenvalue weighted by Crippen LogP contribution is -2.55. The summed E-state index contributed by atoms with van der Waals surface area (Å²) in [5, 5.41) is 7.99. The van der Waals surface area contributed by atoms with Gasteiger partial charge < -0.3 is 10.6 Å². The fourth-order valence-electron chi connectivity index (χ4n) is 4.64. The van der Waals surface area contributed by atoms with Crippen molar-refractivity contribution >= 4 is 34.8 Å². The van der Waals surface area contributed by atoms with Gasteiger partial charge in [-0.1, -0.05) is 54.7 Å². The number of piperidine rings is 1. The van der Waals surface area contributed by atoms with Crippen molar-refractivity contribution in [1.29, 1.82) is 0 Å². The van der Waals surface area contributed by atoms with Gasteiger partial charge in [0.25, 0.3) is 0 Å². The van der Waals surface area contributed by atoms with Crippen LogP contribution >= 0.6 is 23.2 Å². The van der Waals surface area contributed by atoms with Gasteiger partial charge in [-0.25, -0.2) is 0 Å². The second-order valence-corrected chi connectivity index (χ2v) is 7.72. The van der Waals surface area contributed by atoms with E-state index in [2.05, 4.69) is 17.6 Å². The highest BCUT2D eigenvalue weighted by molar-refractivity contribution is 6.31. The molecule has 1 amide bonds. The zero-order valence-electron chi connectivity index (χ0n) is 14.0. The molecule has 3 atom stereocenters. The van der Waals surface area contributed by atoms with Gasteiger partial charge in [-0.3, -0.25) is 4.79 Å². The highest BCUT2D eigenvalue weighted by Crippen LogP contribution is 2.54. The molecule has 0 radical (unpaired) electrons. The van der Waals surface area contributed by atoms with Crippen molar-refractivity contribution in [2.24, 2.45) is 5.92 Å². The number of carbonyl (C=O) groups is 1. The average molecular weight is 375 g/mol. The molecule has 2 aliphatic heterocycles. The predicted octanol–water partition coefficient (Wildman–Crippen LogP) is 4.94. The molecular weight excluding hydrogens is 355 g/mol. The maximum Gasteiger partial charge on any atom is 0.237 e. The first-order valence-electron chi connectivity index (χ1n) is 8.67. The first-order valence-corrected chi connectivity index (χ1v) is 9.43. The third kappa shape index (κ3) is 2.49. The Bertz CT molecular complexity index is 838. The van der Waals surface area contributed by atoms with Gasteiger partial charge in [-0.15, -0.1) is 0 Å². The fraction of sp³-hybridized carbons (Fsp3) is 0.350. The van der Waals surface area contributed by atoms with E-state index in [1.165, 1.54) is 0 Å². The van der Waals surface area contributed by atoms with Crippen LogP contribution < -0.4 is 10.6 Å². The van der Waals surface area contributed by atoms with Crippen molar-refractivity contribution in [2.45, 2.75) is 31.2 Å². The van der Waals surface area contributed by atoms with Crippen molar-refractivity contribution in [2.75, 3.05) is 11.9 Å². The Morgan fingerprint density at radius 3 is 2.72 bits per heavy atom. The molecule has 3 unspecified atom stereocenters. The first kappa shape index (κ1) is 16.9. The number of halogens is 2. The zero-order chi connectivity index (χ0) is 17.6. The average Bonchev–Trinajstić information content (AvgIpc) is 2.87. The van der Waals surface area contributed by atoms with Gasteiger partial charge in [0.05, 0.1) is 11.5 Å². The predicted molar refractivity (Wildman–Crippen MR) is 102 cm³/mol. The Hall–Kier alpha value is -1.55. The number of benzene rings is 2. The summed E-state index contributed by atoms with van der Waals surface area (Å²) in [7, 11) is 0. The number of amides is 1. The minimum Gasteiger partial charge on any atom is -0.325 e. The first-order chi connectivity index (χ1) is 12.1. The summed E-state index contributed by atoms with van der Waals surface area (Å²) in [5.41, 5.74) is 2.26. The Morgan fingerprint density at radius 1 is 1.16 bits per heavy atom. The number of nitrogens with one attached hydrogen (secondary N) is 2. The maximum atomic E-state index is 13.3. The minimum atomic E-state index is -0.641. The van der Waals surface area contributed by atoms with E-state index in [9.17, 15) is 4.79 Å². The quantitative estimate of drug-likeness (QED) is 0.780. The topological polar surface area (TPSA) is 41.1 Å². The van der Waals surface area contributed by atoms with E-state index in [-0.39, 0.29) is 17.9 Å². The van der Waals surface area contributed by atoms with Crippen LogP contribution in [0.15, 0.2) is 42.5 Å². The minimum absolute atomic E-state index is 0.0498. The number of fused-ring (bicyclic) bond motifs is 2. The molecule has 3 nitrogen and oxygen atoms in total. The number of hydrogen-bond donors (Lipinski definition) is 2. The van der Waals surface area contributed by atoms with E-state index in [1.54, 1.807) is 0 Å². The Labute approximate surface area is 157 Å². The molecule has 2 heterocycles. The van der Waals surface area contributed by atoms with Gasteiger partial charge in [0.1, 0.15) is 0 Å². The van der Waals surface area contributed by atoms with Gasteiger partial charge in [-0.2, -0.15) is 0 Å². The summed E-state index contributed by atoms with van der Waals surface area (Å²) in [5.74, 6) is 0.300. The molecule has 0 bridgehead atoms. The highest BCUT2D eigenvalue weighted by atomic mass is 35.5. The molecule has 0 saturated carbocycles. The number of anilines is 1. The summed E-state index contributed by atoms with van der Waals surface area (Å²) in [4.78, 5) is 13.3. The summed E-state index contributed by atoms with van der Waals surface area (Å²) in [6.45, 7) is 3.04. The van der Waals surface area contributed by atoms with Crippen molar-refractivity contribution in [3.8, 4) is 0 Å². The molecule has 25 heavy (non-hydrogen) atoms. The lowest BCUT2D eigenvalue weighted by atomic mass is 9.60. The van der Waals surface area contributed by atoms with E-state index in [1.807, 2.05) is 42.5 Å². The standard InChI is InChI=1S/C20H20Cl2N2O/c1-2-13-8-9-23-18(12-4-3-5-14(21)10-12)20(13)16-7-6-15(22)11-17(16)24-19(20)25/h3-7,10-11,13,18,23H,2,8-9H2,1H3,(H,24,25). The van der Waals surface area contributed by atoms with Gasteiger partial charge >= 0.3 is 0 Å². The normalized spacial score (nSPS) is 28.0.